The van der Waals surface area contributed by atoms with E-state index in [4.69, 9.17) is 0 Å². The Balaban J connectivity index is 2.29. The second kappa shape index (κ2) is 4.99. The Labute approximate surface area is 83.3 Å². The van der Waals surface area contributed by atoms with Crippen LogP contribution in [0.25, 0.3) is 0 Å². The lowest BCUT2D eigenvalue weighted by Gasteiger charge is -2.28. The van der Waals surface area contributed by atoms with Gasteiger partial charge in [-0.25, -0.2) is 0 Å². The van der Waals surface area contributed by atoms with Crippen LogP contribution in [0.1, 0.15) is 59.3 Å². The second-order valence-corrected chi connectivity index (χ2v) is 5.62. The topological polar surface area (TPSA) is 12.0 Å². The molecule has 1 saturated heterocycles. The van der Waals surface area contributed by atoms with E-state index in [0.29, 0.717) is 5.41 Å². The van der Waals surface area contributed by atoms with Crippen molar-refractivity contribution in [2.75, 3.05) is 6.54 Å². The molecular weight excluding hydrogens is 158 g/mol. The summed E-state index contributed by atoms with van der Waals surface area (Å²) in [4.78, 5) is 0. The molecule has 1 unspecified atom stereocenters. The highest BCUT2D eigenvalue weighted by Crippen LogP contribution is 2.24. The zero-order chi connectivity index (χ0) is 9.73. The fourth-order valence-electron chi connectivity index (χ4n) is 2.19. The van der Waals surface area contributed by atoms with Gasteiger partial charge in [0.15, 0.2) is 0 Å². The Bertz CT molecular complexity index is 127. The SMILES string of the molecule is CC(C)(C)CC1CCCCCCN1. The third-order valence-corrected chi connectivity index (χ3v) is 2.77. The van der Waals surface area contributed by atoms with E-state index in [2.05, 4.69) is 26.1 Å². The molecule has 0 aromatic rings. The summed E-state index contributed by atoms with van der Waals surface area (Å²) >= 11 is 0. The average molecular weight is 183 g/mol. The maximum absolute atomic E-state index is 3.68. The molecule has 0 spiro atoms. The highest BCUT2D eigenvalue weighted by molar-refractivity contribution is 4.75. The van der Waals surface area contributed by atoms with Gasteiger partial charge >= 0.3 is 0 Å². The van der Waals surface area contributed by atoms with Crippen LogP contribution in [0.5, 0.6) is 0 Å². The highest BCUT2D eigenvalue weighted by Gasteiger charge is 2.18. The Morgan fingerprint density at radius 3 is 2.46 bits per heavy atom. The van der Waals surface area contributed by atoms with Crippen LogP contribution in [0.3, 0.4) is 0 Å². The van der Waals surface area contributed by atoms with Crippen molar-refractivity contribution >= 4 is 0 Å². The summed E-state index contributed by atoms with van der Waals surface area (Å²) in [5.41, 5.74) is 0.483. The van der Waals surface area contributed by atoms with Crippen LogP contribution in [0.2, 0.25) is 0 Å². The van der Waals surface area contributed by atoms with Gasteiger partial charge in [0.2, 0.25) is 0 Å². The fraction of sp³-hybridized carbons (Fsp3) is 1.00. The number of hydrogen-bond donors (Lipinski definition) is 1. The maximum atomic E-state index is 3.68. The van der Waals surface area contributed by atoms with E-state index in [1.54, 1.807) is 0 Å². The Morgan fingerprint density at radius 1 is 1.08 bits per heavy atom. The molecule has 1 fully saturated rings. The van der Waals surface area contributed by atoms with Crippen LogP contribution in [-0.2, 0) is 0 Å². The van der Waals surface area contributed by atoms with Gasteiger partial charge in [0, 0.05) is 6.04 Å². The van der Waals surface area contributed by atoms with Gasteiger partial charge in [0.1, 0.15) is 0 Å². The van der Waals surface area contributed by atoms with Crippen LogP contribution in [0, 0.1) is 5.41 Å². The molecule has 1 aliphatic rings. The lowest BCUT2D eigenvalue weighted by molar-refractivity contribution is 0.284. The smallest absolute Gasteiger partial charge is 0.00720 e. The summed E-state index contributed by atoms with van der Waals surface area (Å²) < 4.78 is 0. The van der Waals surface area contributed by atoms with E-state index >= 15 is 0 Å². The third kappa shape index (κ3) is 5.30. The van der Waals surface area contributed by atoms with E-state index in [0.717, 1.165) is 6.04 Å². The van der Waals surface area contributed by atoms with Crippen molar-refractivity contribution in [1.29, 1.82) is 0 Å². The molecule has 13 heavy (non-hydrogen) atoms. The van der Waals surface area contributed by atoms with Gasteiger partial charge in [-0.2, -0.15) is 0 Å². The monoisotopic (exact) mass is 183 g/mol. The molecule has 1 heteroatoms. The van der Waals surface area contributed by atoms with E-state index in [-0.39, 0.29) is 0 Å². The fourth-order valence-corrected chi connectivity index (χ4v) is 2.19. The van der Waals surface area contributed by atoms with Crippen molar-refractivity contribution in [2.45, 2.75) is 65.3 Å². The van der Waals surface area contributed by atoms with Gasteiger partial charge in [-0.1, -0.05) is 40.0 Å². The minimum atomic E-state index is 0.483. The third-order valence-electron chi connectivity index (χ3n) is 2.77. The molecule has 0 radical (unpaired) electrons. The molecule has 0 saturated carbocycles. The van der Waals surface area contributed by atoms with Crippen LogP contribution in [0.15, 0.2) is 0 Å². The highest BCUT2D eigenvalue weighted by atomic mass is 14.9. The lowest BCUT2D eigenvalue weighted by Crippen LogP contribution is -2.34. The van der Waals surface area contributed by atoms with E-state index < -0.39 is 0 Å². The van der Waals surface area contributed by atoms with Crippen LogP contribution >= 0.6 is 0 Å². The average Bonchev–Trinajstić information content (AvgIpc) is 1.92. The number of hydrogen-bond acceptors (Lipinski definition) is 1. The molecular formula is C12H25N. The molecule has 0 amide bonds. The molecule has 1 rings (SSSR count). The normalized spacial score (nSPS) is 26.5. The first-order valence-electron chi connectivity index (χ1n) is 5.81. The molecule has 0 aromatic heterocycles. The van der Waals surface area contributed by atoms with Crippen molar-refractivity contribution < 1.29 is 0 Å². The van der Waals surface area contributed by atoms with Gasteiger partial charge in [0.05, 0.1) is 0 Å². The Morgan fingerprint density at radius 2 is 1.77 bits per heavy atom. The minimum Gasteiger partial charge on any atom is -0.314 e. The zero-order valence-electron chi connectivity index (χ0n) is 9.53. The largest absolute Gasteiger partial charge is 0.314 e. The van der Waals surface area contributed by atoms with Crippen molar-refractivity contribution in [2.24, 2.45) is 5.41 Å². The van der Waals surface area contributed by atoms with Crippen molar-refractivity contribution in [3.8, 4) is 0 Å². The maximum Gasteiger partial charge on any atom is 0.00720 e. The molecule has 0 aliphatic carbocycles. The van der Waals surface area contributed by atoms with Crippen LogP contribution in [-0.4, -0.2) is 12.6 Å². The zero-order valence-corrected chi connectivity index (χ0v) is 9.53. The molecule has 1 heterocycles. The first kappa shape index (κ1) is 11.0. The molecule has 1 nitrogen and oxygen atoms in total. The van der Waals surface area contributed by atoms with Gasteiger partial charge in [0.25, 0.3) is 0 Å². The number of rotatable bonds is 1. The van der Waals surface area contributed by atoms with E-state index in [1.165, 1.54) is 45.1 Å². The summed E-state index contributed by atoms with van der Waals surface area (Å²) in [6.45, 7) is 8.26. The summed E-state index contributed by atoms with van der Waals surface area (Å²) in [5, 5.41) is 3.68. The predicted octanol–water partition coefficient (Wildman–Crippen LogP) is 3.34. The van der Waals surface area contributed by atoms with Crippen LogP contribution < -0.4 is 5.32 Å². The first-order valence-corrected chi connectivity index (χ1v) is 5.81. The predicted molar refractivity (Wildman–Crippen MR) is 58.9 cm³/mol. The quantitative estimate of drug-likeness (QED) is 0.657. The van der Waals surface area contributed by atoms with Gasteiger partial charge in [-0.05, 0) is 31.2 Å². The molecule has 1 N–H and O–H groups in total. The first-order chi connectivity index (χ1) is 6.08. The lowest BCUT2D eigenvalue weighted by atomic mass is 9.85. The number of nitrogens with one attached hydrogen (secondary N) is 1. The van der Waals surface area contributed by atoms with E-state index in [9.17, 15) is 0 Å². The molecule has 0 bridgehead atoms. The van der Waals surface area contributed by atoms with Gasteiger partial charge < -0.3 is 5.32 Å². The van der Waals surface area contributed by atoms with Gasteiger partial charge in [-0.15, -0.1) is 0 Å². The van der Waals surface area contributed by atoms with Crippen molar-refractivity contribution in [3.05, 3.63) is 0 Å². The summed E-state index contributed by atoms with van der Waals surface area (Å²) in [6.07, 6.45) is 8.39. The summed E-state index contributed by atoms with van der Waals surface area (Å²) in [5.74, 6) is 0. The molecule has 1 aliphatic heterocycles. The minimum absolute atomic E-state index is 0.483. The summed E-state index contributed by atoms with van der Waals surface area (Å²) in [6, 6.07) is 0.778. The summed E-state index contributed by atoms with van der Waals surface area (Å²) in [7, 11) is 0. The van der Waals surface area contributed by atoms with Crippen LogP contribution in [0.4, 0.5) is 0 Å². The van der Waals surface area contributed by atoms with Crippen molar-refractivity contribution in [1.82, 2.24) is 5.32 Å². The second-order valence-electron chi connectivity index (χ2n) is 5.62. The Kier molecular flexibility index (Phi) is 4.24. The molecule has 1 atom stereocenters. The molecule has 0 aromatic carbocycles. The molecule has 78 valence electrons. The Hall–Kier alpha value is -0.0400. The van der Waals surface area contributed by atoms with Gasteiger partial charge in [-0.3, -0.25) is 0 Å². The van der Waals surface area contributed by atoms with E-state index in [1.807, 2.05) is 0 Å². The van der Waals surface area contributed by atoms with Crippen molar-refractivity contribution in [3.63, 3.8) is 0 Å². The standard InChI is InChI=1S/C12H25N/c1-12(2,3)10-11-8-6-4-5-7-9-13-11/h11,13H,4-10H2,1-3H3.